The van der Waals surface area contributed by atoms with E-state index in [-0.39, 0.29) is 17.7 Å². The number of carbonyl (C=O) groups is 2. The monoisotopic (exact) mass is 430 g/mol. The summed E-state index contributed by atoms with van der Waals surface area (Å²) in [5.74, 6) is 0.102. The zero-order valence-electron chi connectivity index (χ0n) is 15.7. The molecule has 2 amide bonds. The average Bonchev–Trinajstić information content (AvgIpc) is 3.37. The van der Waals surface area contributed by atoms with Crippen molar-refractivity contribution in [3.8, 4) is 11.3 Å². The second-order valence-electron chi connectivity index (χ2n) is 6.84. The molecule has 2 aromatic heterocycles. The number of rotatable bonds is 4. The van der Waals surface area contributed by atoms with Crippen molar-refractivity contribution in [1.82, 2.24) is 15.0 Å². The third-order valence-electron chi connectivity index (χ3n) is 5.02. The van der Waals surface area contributed by atoms with Crippen molar-refractivity contribution in [3.63, 3.8) is 0 Å². The van der Waals surface area contributed by atoms with Crippen molar-refractivity contribution in [2.75, 3.05) is 18.4 Å². The molecule has 9 heteroatoms. The molecule has 1 aliphatic heterocycles. The number of piperidine rings is 1. The van der Waals surface area contributed by atoms with E-state index in [0.29, 0.717) is 58.7 Å². The first kappa shape index (κ1) is 19.6. The zero-order chi connectivity index (χ0) is 20.4. The first-order valence-corrected chi connectivity index (χ1v) is 10.5. The molecule has 4 rings (SSSR count). The van der Waals surface area contributed by atoms with Gasteiger partial charge >= 0.3 is 0 Å². The van der Waals surface area contributed by atoms with E-state index in [0.717, 1.165) is 0 Å². The van der Waals surface area contributed by atoms with Crippen molar-refractivity contribution in [3.05, 3.63) is 52.2 Å². The van der Waals surface area contributed by atoms with Gasteiger partial charge in [-0.2, -0.15) is 0 Å². The molecule has 0 aliphatic carbocycles. The van der Waals surface area contributed by atoms with Gasteiger partial charge in [-0.1, -0.05) is 35.0 Å². The number of thiazole rings is 1. The molecule has 0 saturated carbocycles. The molecule has 0 spiro atoms. The Balaban J connectivity index is 1.46. The molecule has 0 bridgehead atoms. The van der Waals surface area contributed by atoms with E-state index in [4.69, 9.17) is 16.1 Å². The minimum Gasteiger partial charge on any atom is -0.360 e. The molecule has 1 N–H and O–H groups in total. The van der Waals surface area contributed by atoms with Gasteiger partial charge in [0, 0.05) is 36.1 Å². The Labute approximate surface area is 176 Å². The summed E-state index contributed by atoms with van der Waals surface area (Å²) in [5, 5.41) is 9.82. The van der Waals surface area contributed by atoms with Crippen molar-refractivity contribution < 1.29 is 14.1 Å². The molecule has 1 fully saturated rings. The van der Waals surface area contributed by atoms with Gasteiger partial charge < -0.3 is 14.7 Å². The number of likely N-dealkylation sites (tertiary alicyclic amines) is 1. The summed E-state index contributed by atoms with van der Waals surface area (Å²) >= 11 is 7.67. The molecular formula is C20H19ClN4O3S. The highest BCUT2D eigenvalue weighted by Crippen LogP contribution is 2.32. The molecular weight excluding hydrogens is 412 g/mol. The van der Waals surface area contributed by atoms with Gasteiger partial charge in [0.25, 0.3) is 5.91 Å². The number of benzene rings is 1. The van der Waals surface area contributed by atoms with E-state index in [1.165, 1.54) is 11.3 Å². The van der Waals surface area contributed by atoms with E-state index < -0.39 is 0 Å². The van der Waals surface area contributed by atoms with Crippen LogP contribution < -0.4 is 5.32 Å². The highest BCUT2D eigenvalue weighted by atomic mass is 35.5. The molecule has 0 radical (unpaired) electrons. The Hall–Kier alpha value is -2.71. The van der Waals surface area contributed by atoms with Gasteiger partial charge in [0.2, 0.25) is 5.91 Å². The lowest BCUT2D eigenvalue weighted by atomic mass is 9.95. The Morgan fingerprint density at radius 3 is 2.72 bits per heavy atom. The smallest absolute Gasteiger partial charge is 0.259 e. The normalized spacial score (nSPS) is 14.8. The van der Waals surface area contributed by atoms with Gasteiger partial charge in [-0.25, -0.2) is 4.98 Å². The SMILES string of the molecule is Cc1onc(-c2ccccc2Cl)c1C(=O)N1CCC(C(=O)Nc2nccs2)CC1. The number of carbonyl (C=O) groups excluding carboxylic acids is 2. The topological polar surface area (TPSA) is 88.3 Å². The van der Waals surface area contributed by atoms with Crippen LogP contribution in [0.3, 0.4) is 0 Å². The minimum atomic E-state index is -0.155. The highest BCUT2D eigenvalue weighted by molar-refractivity contribution is 7.13. The largest absolute Gasteiger partial charge is 0.360 e. The molecule has 150 valence electrons. The molecule has 29 heavy (non-hydrogen) atoms. The molecule has 1 aromatic carbocycles. The average molecular weight is 431 g/mol. The standard InChI is InChI=1S/C20H19ClN4O3S/c1-12-16(17(24-28-12)14-4-2-3-5-15(14)21)19(27)25-9-6-13(7-10-25)18(26)23-20-22-8-11-29-20/h2-5,8,11,13H,6-7,9-10H2,1H3,(H,22,23,26). The van der Waals surface area contributed by atoms with Crippen LogP contribution in [0, 0.1) is 12.8 Å². The number of aryl methyl sites for hydroxylation is 1. The van der Waals surface area contributed by atoms with Gasteiger partial charge in [0.15, 0.2) is 5.13 Å². The number of hydrogen-bond donors (Lipinski definition) is 1. The summed E-state index contributed by atoms with van der Waals surface area (Å²) in [5.41, 5.74) is 1.53. The number of hydrogen-bond acceptors (Lipinski definition) is 6. The number of aromatic nitrogens is 2. The molecule has 3 aromatic rings. The van der Waals surface area contributed by atoms with Crippen LogP contribution in [0.1, 0.15) is 29.0 Å². The van der Waals surface area contributed by atoms with Gasteiger partial charge in [-0.3, -0.25) is 9.59 Å². The first-order valence-electron chi connectivity index (χ1n) is 9.25. The number of anilines is 1. The van der Waals surface area contributed by atoms with Gasteiger partial charge in [0.1, 0.15) is 17.0 Å². The maximum absolute atomic E-state index is 13.2. The molecule has 0 unspecified atom stereocenters. The Bertz CT molecular complexity index is 1030. The van der Waals surface area contributed by atoms with Crippen molar-refractivity contribution in [2.24, 2.45) is 5.92 Å². The second kappa shape index (κ2) is 8.34. The third-order valence-corrected chi connectivity index (χ3v) is 6.04. The van der Waals surface area contributed by atoms with Crippen LogP contribution in [-0.2, 0) is 4.79 Å². The van der Waals surface area contributed by atoms with Crippen LogP contribution in [-0.4, -0.2) is 39.9 Å². The summed E-state index contributed by atoms with van der Waals surface area (Å²) in [6.45, 7) is 2.69. The van der Waals surface area contributed by atoms with Crippen LogP contribution >= 0.6 is 22.9 Å². The maximum Gasteiger partial charge on any atom is 0.259 e. The lowest BCUT2D eigenvalue weighted by molar-refractivity contribution is -0.121. The van der Waals surface area contributed by atoms with E-state index in [1.807, 2.05) is 23.6 Å². The van der Waals surface area contributed by atoms with Crippen LogP contribution in [0.2, 0.25) is 5.02 Å². The molecule has 1 aliphatic rings. The second-order valence-corrected chi connectivity index (χ2v) is 8.14. The van der Waals surface area contributed by atoms with Gasteiger partial charge in [-0.15, -0.1) is 11.3 Å². The molecule has 7 nitrogen and oxygen atoms in total. The van der Waals surface area contributed by atoms with E-state index in [1.54, 1.807) is 24.1 Å². The van der Waals surface area contributed by atoms with E-state index >= 15 is 0 Å². The number of nitrogens with one attached hydrogen (secondary N) is 1. The summed E-state index contributed by atoms with van der Waals surface area (Å²) in [6.07, 6.45) is 2.84. The first-order chi connectivity index (χ1) is 14.0. The molecule has 3 heterocycles. The van der Waals surface area contributed by atoms with Crippen molar-refractivity contribution >= 4 is 39.9 Å². The van der Waals surface area contributed by atoms with E-state index in [2.05, 4.69) is 15.5 Å². The summed E-state index contributed by atoms with van der Waals surface area (Å²) in [4.78, 5) is 31.4. The van der Waals surface area contributed by atoms with E-state index in [9.17, 15) is 9.59 Å². The summed E-state index contributed by atoms with van der Waals surface area (Å²) in [7, 11) is 0. The number of amides is 2. The maximum atomic E-state index is 13.2. The lowest BCUT2D eigenvalue weighted by Crippen LogP contribution is -2.41. The van der Waals surface area contributed by atoms with Crippen molar-refractivity contribution in [1.29, 1.82) is 0 Å². The zero-order valence-corrected chi connectivity index (χ0v) is 17.3. The fourth-order valence-electron chi connectivity index (χ4n) is 3.46. The van der Waals surface area contributed by atoms with Crippen molar-refractivity contribution in [2.45, 2.75) is 19.8 Å². The summed E-state index contributed by atoms with van der Waals surface area (Å²) in [6, 6.07) is 7.22. The summed E-state index contributed by atoms with van der Waals surface area (Å²) < 4.78 is 5.31. The van der Waals surface area contributed by atoms with Crippen LogP contribution in [0.5, 0.6) is 0 Å². The number of nitrogens with zero attached hydrogens (tertiary/aromatic N) is 3. The third kappa shape index (κ3) is 4.04. The predicted octanol–water partition coefficient (Wildman–Crippen LogP) is 4.25. The Morgan fingerprint density at radius 1 is 1.28 bits per heavy atom. The van der Waals surface area contributed by atoms with Gasteiger partial charge in [-0.05, 0) is 25.8 Å². The fourth-order valence-corrected chi connectivity index (χ4v) is 4.21. The van der Waals surface area contributed by atoms with Crippen LogP contribution in [0.4, 0.5) is 5.13 Å². The minimum absolute atomic E-state index is 0.0510. The molecule has 1 saturated heterocycles. The van der Waals surface area contributed by atoms with Crippen LogP contribution in [0.15, 0.2) is 40.4 Å². The predicted molar refractivity (Wildman–Crippen MR) is 111 cm³/mol. The highest BCUT2D eigenvalue weighted by Gasteiger charge is 2.32. The fraction of sp³-hybridized carbons (Fsp3) is 0.300. The Kier molecular flexibility index (Phi) is 5.64. The number of halogens is 1. The van der Waals surface area contributed by atoms with Gasteiger partial charge in [0.05, 0.1) is 5.02 Å². The quantitative estimate of drug-likeness (QED) is 0.668. The lowest BCUT2D eigenvalue weighted by Gasteiger charge is -2.31. The molecule has 0 atom stereocenters. The Morgan fingerprint density at radius 2 is 2.03 bits per heavy atom. The van der Waals surface area contributed by atoms with Crippen LogP contribution in [0.25, 0.3) is 11.3 Å².